The zero-order valence-electron chi connectivity index (χ0n) is 17.5. The van der Waals surface area contributed by atoms with Gasteiger partial charge in [-0.05, 0) is 38.2 Å². The Labute approximate surface area is 184 Å². The quantitative estimate of drug-likeness (QED) is 0.490. The van der Waals surface area contributed by atoms with Gasteiger partial charge in [-0.2, -0.15) is 4.98 Å². The number of nitrogens with one attached hydrogen (secondary N) is 2. The summed E-state index contributed by atoms with van der Waals surface area (Å²) in [6, 6.07) is 11.5. The van der Waals surface area contributed by atoms with Crippen LogP contribution < -0.4 is 10.2 Å². The second-order valence-corrected chi connectivity index (χ2v) is 8.43. The van der Waals surface area contributed by atoms with Gasteiger partial charge in [-0.1, -0.05) is 35.5 Å². The summed E-state index contributed by atoms with van der Waals surface area (Å²) in [7, 11) is 0. The molecule has 9 nitrogen and oxygen atoms in total. The molecule has 0 spiro atoms. The van der Waals surface area contributed by atoms with Gasteiger partial charge in [0.25, 0.3) is 11.6 Å². The molecule has 0 atom stereocenters. The third kappa shape index (κ3) is 3.49. The van der Waals surface area contributed by atoms with E-state index in [1.54, 1.807) is 0 Å². The van der Waals surface area contributed by atoms with E-state index in [9.17, 15) is 4.79 Å². The molecule has 6 rings (SSSR count). The number of hydrogen-bond donors (Lipinski definition) is 2. The van der Waals surface area contributed by atoms with Crippen molar-refractivity contribution in [2.75, 3.05) is 23.3 Å². The van der Waals surface area contributed by atoms with Crippen molar-refractivity contribution in [2.45, 2.75) is 38.0 Å². The summed E-state index contributed by atoms with van der Waals surface area (Å²) in [5.74, 6) is 1.02. The van der Waals surface area contributed by atoms with Crippen LogP contribution in [-0.4, -0.2) is 44.3 Å². The van der Waals surface area contributed by atoms with Gasteiger partial charge in [-0.25, -0.2) is 10.1 Å². The monoisotopic (exact) mass is 429 g/mol. The fraction of sp³-hybridized carbons (Fsp3) is 0.348. The number of nitrogens with zero attached hydrogens (tertiary/aromatic N) is 5. The van der Waals surface area contributed by atoms with Crippen LogP contribution in [0.1, 0.15) is 54.1 Å². The topological polar surface area (TPSA) is 113 Å². The molecule has 1 aromatic carbocycles. The van der Waals surface area contributed by atoms with E-state index in [0.29, 0.717) is 40.2 Å². The number of aromatic nitrogens is 5. The van der Waals surface area contributed by atoms with Crippen molar-refractivity contribution in [2.24, 2.45) is 0 Å². The molecule has 1 aliphatic carbocycles. The first-order valence-corrected chi connectivity index (χ1v) is 11.1. The van der Waals surface area contributed by atoms with E-state index in [-0.39, 0.29) is 5.91 Å². The normalized spacial score (nSPS) is 16.4. The predicted octanol–water partition coefficient (Wildman–Crippen LogP) is 4.13. The van der Waals surface area contributed by atoms with Gasteiger partial charge >= 0.3 is 0 Å². The van der Waals surface area contributed by atoms with Crippen molar-refractivity contribution in [3.05, 3.63) is 47.7 Å². The van der Waals surface area contributed by atoms with Crippen LogP contribution in [0.4, 0.5) is 11.9 Å². The predicted molar refractivity (Wildman–Crippen MR) is 120 cm³/mol. The van der Waals surface area contributed by atoms with E-state index >= 15 is 0 Å². The number of aromatic amines is 1. The number of rotatable bonds is 5. The van der Waals surface area contributed by atoms with Gasteiger partial charge in [-0.3, -0.25) is 10.1 Å². The van der Waals surface area contributed by atoms with Crippen molar-refractivity contribution < 1.29 is 9.32 Å². The Morgan fingerprint density at radius 1 is 1.09 bits per heavy atom. The molecule has 162 valence electrons. The van der Waals surface area contributed by atoms with Crippen LogP contribution in [0.5, 0.6) is 0 Å². The maximum atomic E-state index is 13.4. The Hall–Kier alpha value is -3.75. The number of piperidine rings is 1. The van der Waals surface area contributed by atoms with Gasteiger partial charge in [0.1, 0.15) is 5.69 Å². The first kappa shape index (κ1) is 19.0. The molecule has 3 aromatic heterocycles. The summed E-state index contributed by atoms with van der Waals surface area (Å²) in [4.78, 5) is 24.7. The summed E-state index contributed by atoms with van der Waals surface area (Å²) in [6.45, 7) is 1.87. The molecule has 1 saturated carbocycles. The maximum absolute atomic E-state index is 13.4. The van der Waals surface area contributed by atoms with Crippen molar-refractivity contribution in [3.8, 4) is 11.3 Å². The van der Waals surface area contributed by atoms with Gasteiger partial charge in [0, 0.05) is 30.3 Å². The zero-order valence-corrected chi connectivity index (χ0v) is 17.5. The summed E-state index contributed by atoms with van der Waals surface area (Å²) in [5.41, 5.74) is 3.20. The molecule has 1 amide bonds. The highest BCUT2D eigenvalue weighted by Gasteiger charge is 2.29. The number of anilines is 2. The second-order valence-electron chi connectivity index (χ2n) is 8.43. The second kappa shape index (κ2) is 7.74. The number of pyridine rings is 1. The van der Waals surface area contributed by atoms with E-state index in [1.807, 2.05) is 36.4 Å². The number of hydrogen-bond acceptors (Lipinski definition) is 7. The van der Waals surface area contributed by atoms with Crippen LogP contribution in [0.2, 0.25) is 0 Å². The number of amides is 1. The van der Waals surface area contributed by atoms with Gasteiger partial charge in [0.2, 0.25) is 11.9 Å². The first-order chi connectivity index (χ1) is 15.8. The van der Waals surface area contributed by atoms with Gasteiger partial charge < -0.3 is 9.42 Å². The summed E-state index contributed by atoms with van der Waals surface area (Å²) < 4.78 is 5.56. The number of carbonyl (C=O) groups is 1. The summed E-state index contributed by atoms with van der Waals surface area (Å²) >= 11 is 0. The Kier molecular flexibility index (Phi) is 4.59. The molecule has 2 fully saturated rings. The lowest BCUT2D eigenvalue weighted by molar-refractivity contribution is 0.102. The summed E-state index contributed by atoms with van der Waals surface area (Å²) in [6.07, 6.45) is 5.63. The van der Waals surface area contributed by atoms with Crippen molar-refractivity contribution in [3.63, 3.8) is 0 Å². The van der Waals surface area contributed by atoms with E-state index in [4.69, 9.17) is 4.52 Å². The molecule has 0 unspecified atom stereocenters. The minimum Gasteiger partial charge on any atom is -0.340 e. The molecule has 9 heteroatoms. The average molecular weight is 429 g/mol. The lowest BCUT2D eigenvalue weighted by Crippen LogP contribution is -2.30. The lowest BCUT2D eigenvalue weighted by Gasteiger charge is -2.24. The van der Waals surface area contributed by atoms with E-state index in [2.05, 4.69) is 35.5 Å². The third-order valence-electron chi connectivity index (χ3n) is 6.10. The zero-order chi connectivity index (χ0) is 21.5. The van der Waals surface area contributed by atoms with Crippen LogP contribution in [0, 0.1) is 0 Å². The van der Waals surface area contributed by atoms with Gasteiger partial charge in [0.05, 0.1) is 10.9 Å². The molecule has 0 bridgehead atoms. The fourth-order valence-electron chi connectivity index (χ4n) is 4.25. The average Bonchev–Trinajstić information content (AvgIpc) is 3.44. The van der Waals surface area contributed by atoms with Gasteiger partial charge in [0.15, 0.2) is 0 Å². The van der Waals surface area contributed by atoms with E-state index < -0.39 is 0 Å². The molecule has 2 N–H and O–H groups in total. The standard InChI is InChI=1S/C23H23N7O2/c31-20(25-22-26-23(28-27-22)30-11-5-2-6-12-30)16-13-17(14-9-10-14)24-21-18(16)19(29-32-21)15-7-3-1-4-8-15/h1,3-4,7-8,13-14H,2,5-6,9-12H2,(H2,25,26,27,28,31). The minimum atomic E-state index is -0.291. The third-order valence-corrected chi connectivity index (χ3v) is 6.10. The van der Waals surface area contributed by atoms with E-state index in [0.717, 1.165) is 50.0 Å². The minimum absolute atomic E-state index is 0.291. The van der Waals surface area contributed by atoms with Crippen molar-refractivity contribution in [1.29, 1.82) is 0 Å². The van der Waals surface area contributed by atoms with Crippen LogP contribution in [0.25, 0.3) is 22.4 Å². The Balaban J connectivity index is 1.36. The molecule has 32 heavy (non-hydrogen) atoms. The van der Waals surface area contributed by atoms with Crippen LogP contribution in [-0.2, 0) is 0 Å². The lowest BCUT2D eigenvalue weighted by atomic mass is 10.0. The number of carbonyl (C=O) groups excluding carboxylic acids is 1. The molecule has 1 saturated heterocycles. The van der Waals surface area contributed by atoms with Gasteiger partial charge in [-0.15, -0.1) is 5.10 Å². The summed E-state index contributed by atoms with van der Waals surface area (Å²) in [5, 5.41) is 14.9. The Morgan fingerprint density at radius 3 is 2.69 bits per heavy atom. The smallest absolute Gasteiger partial charge is 0.259 e. The molecule has 1 aliphatic heterocycles. The largest absolute Gasteiger partial charge is 0.340 e. The Bertz CT molecular complexity index is 1270. The Morgan fingerprint density at radius 2 is 1.91 bits per heavy atom. The molecule has 0 radical (unpaired) electrons. The molecule has 4 heterocycles. The number of H-pyrrole nitrogens is 1. The SMILES string of the molecule is O=C(Nc1nc(N2CCCCC2)n[nH]1)c1cc(C2CC2)nc2onc(-c3ccccc3)c12. The number of fused-ring (bicyclic) bond motifs is 1. The first-order valence-electron chi connectivity index (χ1n) is 11.1. The fourth-order valence-corrected chi connectivity index (χ4v) is 4.25. The van der Waals surface area contributed by atoms with Crippen LogP contribution in [0.3, 0.4) is 0 Å². The molecule has 4 aromatic rings. The molecular formula is C23H23N7O2. The highest BCUT2D eigenvalue weighted by atomic mass is 16.5. The van der Waals surface area contributed by atoms with Crippen LogP contribution >= 0.6 is 0 Å². The molecular weight excluding hydrogens is 406 g/mol. The highest BCUT2D eigenvalue weighted by Crippen LogP contribution is 2.41. The number of benzene rings is 1. The van der Waals surface area contributed by atoms with E-state index in [1.165, 1.54) is 6.42 Å². The van der Waals surface area contributed by atoms with Crippen molar-refractivity contribution >= 4 is 28.9 Å². The van der Waals surface area contributed by atoms with Crippen molar-refractivity contribution in [1.82, 2.24) is 25.3 Å². The van der Waals surface area contributed by atoms with Crippen LogP contribution in [0.15, 0.2) is 40.9 Å². The maximum Gasteiger partial charge on any atom is 0.259 e. The molecule has 2 aliphatic rings. The highest BCUT2D eigenvalue weighted by molar-refractivity contribution is 6.14.